The summed E-state index contributed by atoms with van der Waals surface area (Å²) in [7, 11) is -1.70. The number of carbonyl (C=O) groups excluding carboxylic acids is 4. The van der Waals surface area contributed by atoms with E-state index in [0.29, 0.717) is 49.3 Å². The van der Waals surface area contributed by atoms with E-state index in [1.165, 1.54) is 41.1 Å². The number of nitrogens with zero attached hydrogens (tertiary/aromatic N) is 8. The zero-order valence-corrected chi connectivity index (χ0v) is 42.7. The summed E-state index contributed by atoms with van der Waals surface area (Å²) in [5.74, 6) is -4.73. The Hall–Kier alpha value is -8.59. The smallest absolute Gasteiger partial charge is 0.328 e. The number of urea groups is 2. The summed E-state index contributed by atoms with van der Waals surface area (Å²) in [4.78, 5) is 79.1. The molecule has 2 atom stereocenters. The van der Waals surface area contributed by atoms with Crippen molar-refractivity contribution in [2.75, 3.05) is 38.6 Å². The number of nitrogens with one attached hydrogen (secondary N) is 5. The summed E-state index contributed by atoms with van der Waals surface area (Å²) in [6, 6.07) is 15.0. The maximum Gasteiger partial charge on any atom is 0.328 e. The van der Waals surface area contributed by atoms with E-state index >= 15 is 0 Å². The molecule has 2 aliphatic rings. The number of halogens is 4. The molecule has 4 aromatic heterocycles. The Kier molecular flexibility index (Phi) is 15.2. The first-order valence-electron chi connectivity index (χ1n) is 22.7. The van der Waals surface area contributed by atoms with E-state index < -0.39 is 69.5 Å². The van der Waals surface area contributed by atoms with Crippen molar-refractivity contribution in [1.82, 2.24) is 40.5 Å². The number of aromatic nitrogens is 6. The SMILES string of the molecule is Cc1ccc(C(=O)Nc2nccs2)cc1-c1nc(NC[C@H](C)O)nc2c1CNC(=O)N2c1c(F)cccc1F.Cc1ccc(C(=O)Nc2nccs2)cc1-c1nc(S(C)=O)nc2c1CNC(=O)N2c1c(F)cccc1F. The maximum absolute atomic E-state index is 14.8. The van der Waals surface area contributed by atoms with Crippen LogP contribution in [0.25, 0.3) is 22.5 Å². The van der Waals surface area contributed by atoms with Gasteiger partial charge in [-0.25, -0.2) is 61.9 Å². The van der Waals surface area contributed by atoms with E-state index in [-0.39, 0.29) is 54.0 Å². The standard InChI is InChI=1S/C26H23F2N7O3S.C24H18F2N6O3S2/c1-13-6-7-15(23(37)34-25-29-8-9-39-25)10-16(13)20-17-12-31-26(38)35(21-18(27)4-3-5-19(21)28)22(17)33-24(32-20)30-11-14(2)36;1-12-6-7-13(21(33)31-22-27-8-9-36-22)10-14(12)18-15-11-28-24(34)32(19-16(25)4-3-5-17(19)26)20(15)30-23(29-18)37(2)35/h3-10,14,36H,11-12H2,1-2H3,(H,31,38)(H,29,34,37)(H,30,32,33);3-10H,11H2,1-2H3,(H,28,34)(H,27,31,33)/t14-;/m0./s1. The summed E-state index contributed by atoms with van der Waals surface area (Å²) in [6.45, 7) is 5.18. The van der Waals surface area contributed by atoms with Gasteiger partial charge in [-0.2, -0.15) is 4.98 Å². The highest BCUT2D eigenvalue weighted by Gasteiger charge is 2.36. The summed E-state index contributed by atoms with van der Waals surface area (Å²) in [5, 5.41) is 27.6. The predicted octanol–water partition coefficient (Wildman–Crippen LogP) is 9.13. The Morgan fingerprint density at radius 3 is 1.57 bits per heavy atom. The molecule has 10 rings (SSSR count). The fourth-order valence-corrected chi connectivity index (χ4v) is 9.44. The lowest BCUT2D eigenvalue weighted by Crippen LogP contribution is -2.43. The van der Waals surface area contributed by atoms with Crippen LogP contribution in [0.15, 0.2) is 101 Å². The molecule has 1 unspecified atom stereocenters. The van der Waals surface area contributed by atoms with Gasteiger partial charge in [-0.3, -0.25) is 24.4 Å². The number of anilines is 7. The van der Waals surface area contributed by atoms with Gasteiger partial charge < -0.3 is 21.1 Å². The van der Waals surface area contributed by atoms with E-state index in [1.54, 1.807) is 73.4 Å². The van der Waals surface area contributed by atoms with Gasteiger partial charge in [0.1, 0.15) is 34.6 Å². The third kappa shape index (κ3) is 10.8. The van der Waals surface area contributed by atoms with Crippen LogP contribution in [0.5, 0.6) is 0 Å². The van der Waals surface area contributed by atoms with Gasteiger partial charge in [-0.1, -0.05) is 24.3 Å². The zero-order chi connectivity index (χ0) is 53.9. The average Bonchev–Trinajstić information content (AvgIpc) is 4.14. The number of rotatable bonds is 12. The Bertz CT molecular complexity index is 3570. The minimum absolute atomic E-state index is 0.0261. The zero-order valence-electron chi connectivity index (χ0n) is 40.2. The molecule has 6 heterocycles. The van der Waals surface area contributed by atoms with Crippen molar-refractivity contribution in [2.45, 2.75) is 45.1 Å². The van der Waals surface area contributed by atoms with Gasteiger partial charge in [-0.15, -0.1) is 22.7 Å². The molecule has 0 aliphatic carbocycles. The fourth-order valence-electron chi connectivity index (χ4n) is 7.96. The Morgan fingerprint density at radius 2 is 1.14 bits per heavy atom. The molecule has 0 fully saturated rings. The topological polar surface area (TPSA) is 250 Å². The first-order chi connectivity index (χ1) is 36.5. The van der Waals surface area contributed by atoms with Gasteiger partial charge in [0.15, 0.2) is 21.9 Å². The van der Waals surface area contributed by atoms with Crippen molar-refractivity contribution < 1.29 is 46.1 Å². The molecular formula is C50H41F4N13O6S3. The molecule has 0 bridgehead atoms. The van der Waals surface area contributed by atoms with Gasteiger partial charge in [0.05, 0.1) is 41.4 Å². The number of thiazole rings is 2. The van der Waals surface area contributed by atoms with Crippen LogP contribution in [0.2, 0.25) is 0 Å². The summed E-state index contributed by atoms with van der Waals surface area (Å²) >= 11 is 2.55. The highest BCUT2D eigenvalue weighted by Crippen LogP contribution is 2.41. The van der Waals surface area contributed by atoms with Gasteiger partial charge in [0.25, 0.3) is 11.8 Å². The predicted molar refractivity (Wildman–Crippen MR) is 279 cm³/mol. The van der Waals surface area contributed by atoms with Crippen molar-refractivity contribution in [3.05, 3.63) is 153 Å². The minimum Gasteiger partial charge on any atom is -0.392 e. The Morgan fingerprint density at radius 1 is 0.697 bits per heavy atom. The molecule has 0 saturated heterocycles. The van der Waals surface area contributed by atoms with Crippen LogP contribution in [0.3, 0.4) is 0 Å². The number of benzene rings is 4. The van der Waals surface area contributed by atoms with Crippen molar-refractivity contribution in [2.24, 2.45) is 0 Å². The van der Waals surface area contributed by atoms with Crippen LogP contribution in [0.4, 0.5) is 66.4 Å². The second-order valence-corrected chi connectivity index (χ2v) is 19.9. The molecule has 76 heavy (non-hydrogen) atoms. The van der Waals surface area contributed by atoms with Crippen molar-refractivity contribution in [3.8, 4) is 22.5 Å². The molecule has 0 saturated carbocycles. The van der Waals surface area contributed by atoms with Crippen LogP contribution >= 0.6 is 22.7 Å². The Labute approximate surface area is 440 Å². The van der Waals surface area contributed by atoms with E-state index in [1.807, 2.05) is 6.92 Å². The van der Waals surface area contributed by atoms with Crippen LogP contribution < -0.4 is 36.4 Å². The van der Waals surface area contributed by atoms with E-state index in [2.05, 4.69) is 56.5 Å². The number of para-hydroxylation sites is 2. The molecule has 19 nitrogen and oxygen atoms in total. The van der Waals surface area contributed by atoms with Crippen molar-refractivity contribution in [3.63, 3.8) is 0 Å². The monoisotopic (exact) mass is 1090 g/mol. The van der Waals surface area contributed by atoms with E-state index in [0.717, 1.165) is 45.2 Å². The van der Waals surface area contributed by atoms with Gasteiger partial charge in [0, 0.05) is 69.3 Å². The third-order valence-corrected chi connectivity index (χ3v) is 13.6. The number of hydrogen-bond donors (Lipinski definition) is 6. The molecule has 8 aromatic rings. The van der Waals surface area contributed by atoms with Crippen molar-refractivity contribution >= 4 is 96.6 Å². The van der Waals surface area contributed by atoms with Crippen LogP contribution in [-0.4, -0.2) is 82.0 Å². The summed E-state index contributed by atoms with van der Waals surface area (Å²) in [5.41, 5.74) is 3.30. The number of amides is 6. The van der Waals surface area contributed by atoms with Crippen LogP contribution in [0.1, 0.15) is 49.9 Å². The normalized spacial score (nSPS) is 13.5. The quantitative estimate of drug-likeness (QED) is 0.0494. The fraction of sp³-hybridized carbons (Fsp3) is 0.160. The first kappa shape index (κ1) is 52.3. The van der Waals surface area contributed by atoms with Gasteiger partial charge >= 0.3 is 12.1 Å². The largest absolute Gasteiger partial charge is 0.392 e. The molecular weight excluding hydrogens is 1050 g/mol. The van der Waals surface area contributed by atoms with Crippen LogP contribution in [0, 0.1) is 37.1 Å². The summed E-state index contributed by atoms with van der Waals surface area (Å²) in [6.07, 6.45) is 3.75. The Balaban J connectivity index is 0.000000186. The molecule has 6 N–H and O–H groups in total. The van der Waals surface area contributed by atoms with E-state index in [9.17, 15) is 46.1 Å². The van der Waals surface area contributed by atoms with Crippen LogP contribution in [-0.2, 0) is 23.9 Å². The van der Waals surface area contributed by atoms with Crippen molar-refractivity contribution in [1.29, 1.82) is 0 Å². The number of fused-ring (bicyclic) bond motifs is 2. The summed E-state index contributed by atoms with van der Waals surface area (Å²) < 4.78 is 71.6. The molecule has 6 amide bonds. The minimum atomic E-state index is -1.70. The highest BCUT2D eigenvalue weighted by molar-refractivity contribution is 7.84. The molecule has 26 heteroatoms. The number of aliphatic hydroxyl groups is 1. The lowest BCUT2D eigenvalue weighted by Gasteiger charge is -2.31. The second kappa shape index (κ2) is 22.1. The number of carbonyl (C=O) groups is 4. The van der Waals surface area contributed by atoms with Gasteiger partial charge in [0.2, 0.25) is 11.1 Å². The number of hydrogen-bond acceptors (Lipinski definition) is 15. The average molecular weight is 1090 g/mol. The molecule has 4 aromatic carbocycles. The van der Waals surface area contributed by atoms with Gasteiger partial charge in [-0.05, 0) is 80.4 Å². The number of aliphatic hydroxyl groups excluding tert-OH is 1. The maximum atomic E-state index is 14.8. The molecule has 2 aliphatic heterocycles. The molecule has 0 spiro atoms. The molecule has 388 valence electrons. The first-order valence-corrected chi connectivity index (χ1v) is 26.0. The lowest BCUT2D eigenvalue weighted by atomic mass is 9.97. The van der Waals surface area contributed by atoms with E-state index in [4.69, 9.17) is 0 Å². The molecule has 0 radical (unpaired) electrons. The highest BCUT2D eigenvalue weighted by atomic mass is 32.2. The third-order valence-electron chi connectivity index (χ3n) is 11.6. The second-order valence-electron chi connectivity index (χ2n) is 16.8. The lowest BCUT2D eigenvalue weighted by molar-refractivity contribution is 0.101. The number of aryl methyl sites for hydroxylation is 2.